The van der Waals surface area contributed by atoms with Gasteiger partial charge in [-0.15, -0.1) is 5.10 Å². The SMILES string of the molecule is Cc1ccc(N2CCN(S(=O)(=O)c3ccccc3C#N)CC2)nn1. The minimum atomic E-state index is -3.67. The summed E-state index contributed by atoms with van der Waals surface area (Å²) >= 11 is 0. The van der Waals surface area contributed by atoms with E-state index in [1.54, 1.807) is 12.1 Å². The van der Waals surface area contributed by atoms with E-state index < -0.39 is 10.0 Å². The van der Waals surface area contributed by atoms with E-state index in [0.717, 1.165) is 11.5 Å². The highest BCUT2D eigenvalue weighted by Gasteiger charge is 2.30. The van der Waals surface area contributed by atoms with Crippen molar-refractivity contribution in [1.29, 1.82) is 5.26 Å². The summed E-state index contributed by atoms with van der Waals surface area (Å²) in [4.78, 5) is 2.07. The van der Waals surface area contributed by atoms with E-state index in [0.29, 0.717) is 26.2 Å². The molecule has 0 bridgehead atoms. The van der Waals surface area contributed by atoms with Crippen LogP contribution < -0.4 is 4.90 Å². The Kier molecular flexibility index (Phi) is 4.46. The second kappa shape index (κ2) is 6.55. The minimum absolute atomic E-state index is 0.0658. The molecule has 2 heterocycles. The van der Waals surface area contributed by atoms with Gasteiger partial charge in [-0.3, -0.25) is 0 Å². The molecule has 1 fully saturated rings. The first kappa shape index (κ1) is 16.4. The van der Waals surface area contributed by atoms with Crippen molar-refractivity contribution in [1.82, 2.24) is 14.5 Å². The third-order valence-electron chi connectivity index (χ3n) is 3.97. The number of anilines is 1. The van der Waals surface area contributed by atoms with Gasteiger partial charge in [-0.05, 0) is 31.2 Å². The highest BCUT2D eigenvalue weighted by atomic mass is 32.2. The summed E-state index contributed by atoms with van der Waals surface area (Å²) in [6.07, 6.45) is 0. The predicted molar refractivity (Wildman–Crippen MR) is 88.9 cm³/mol. The van der Waals surface area contributed by atoms with Gasteiger partial charge in [0.05, 0.1) is 16.2 Å². The molecule has 0 saturated carbocycles. The van der Waals surface area contributed by atoms with Gasteiger partial charge < -0.3 is 4.90 Å². The van der Waals surface area contributed by atoms with Crippen LogP contribution in [0.5, 0.6) is 0 Å². The Morgan fingerprint density at radius 3 is 2.38 bits per heavy atom. The van der Waals surface area contributed by atoms with Crippen LogP contribution in [0.2, 0.25) is 0 Å². The van der Waals surface area contributed by atoms with Crippen LogP contribution in [0.4, 0.5) is 5.82 Å². The molecule has 1 aromatic heterocycles. The van der Waals surface area contributed by atoms with Gasteiger partial charge in [0.15, 0.2) is 5.82 Å². The lowest BCUT2D eigenvalue weighted by Crippen LogP contribution is -2.49. The number of hydrogen-bond donors (Lipinski definition) is 0. The first-order valence-corrected chi connectivity index (χ1v) is 9.01. The molecule has 8 heteroatoms. The van der Waals surface area contributed by atoms with Gasteiger partial charge in [-0.25, -0.2) is 8.42 Å². The fourth-order valence-electron chi connectivity index (χ4n) is 2.64. The Labute approximate surface area is 141 Å². The van der Waals surface area contributed by atoms with Crippen molar-refractivity contribution in [2.24, 2.45) is 0 Å². The molecule has 24 heavy (non-hydrogen) atoms. The van der Waals surface area contributed by atoms with E-state index in [1.807, 2.05) is 30.0 Å². The molecule has 0 N–H and O–H groups in total. The second-order valence-corrected chi connectivity index (χ2v) is 7.44. The molecule has 0 radical (unpaired) electrons. The third kappa shape index (κ3) is 3.09. The van der Waals surface area contributed by atoms with E-state index in [2.05, 4.69) is 10.2 Å². The van der Waals surface area contributed by atoms with Crippen molar-refractivity contribution in [3.63, 3.8) is 0 Å². The number of hydrogen-bond acceptors (Lipinski definition) is 6. The molecule has 1 saturated heterocycles. The highest BCUT2D eigenvalue weighted by molar-refractivity contribution is 7.89. The number of benzene rings is 1. The molecule has 1 aromatic carbocycles. The lowest BCUT2D eigenvalue weighted by atomic mass is 10.2. The number of aryl methyl sites for hydroxylation is 1. The van der Waals surface area contributed by atoms with Crippen LogP contribution >= 0.6 is 0 Å². The van der Waals surface area contributed by atoms with Gasteiger partial charge in [0.2, 0.25) is 10.0 Å². The van der Waals surface area contributed by atoms with Crippen molar-refractivity contribution in [2.45, 2.75) is 11.8 Å². The van der Waals surface area contributed by atoms with Crippen molar-refractivity contribution < 1.29 is 8.42 Å². The molecular weight excluding hydrogens is 326 g/mol. The smallest absolute Gasteiger partial charge is 0.244 e. The molecule has 0 unspecified atom stereocenters. The molecule has 0 aliphatic carbocycles. The van der Waals surface area contributed by atoms with Gasteiger partial charge in [0.25, 0.3) is 0 Å². The lowest BCUT2D eigenvalue weighted by Gasteiger charge is -2.34. The van der Waals surface area contributed by atoms with Crippen LogP contribution in [0.3, 0.4) is 0 Å². The zero-order valence-corrected chi connectivity index (χ0v) is 14.1. The number of piperazine rings is 1. The molecule has 3 rings (SSSR count). The molecule has 1 aliphatic rings. The Morgan fingerprint density at radius 2 is 1.75 bits per heavy atom. The van der Waals surface area contributed by atoms with Crippen molar-refractivity contribution in [3.8, 4) is 6.07 Å². The predicted octanol–water partition coefficient (Wildman–Crippen LogP) is 1.17. The van der Waals surface area contributed by atoms with Gasteiger partial charge in [-0.2, -0.15) is 14.7 Å². The monoisotopic (exact) mass is 343 g/mol. The van der Waals surface area contributed by atoms with Crippen molar-refractivity contribution in [3.05, 3.63) is 47.7 Å². The van der Waals surface area contributed by atoms with E-state index in [9.17, 15) is 8.42 Å². The molecule has 2 aromatic rings. The number of nitrogens with zero attached hydrogens (tertiary/aromatic N) is 5. The quantitative estimate of drug-likeness (QED) is 0.831. The largest absolute Gasteiger partial charge is 0.352 e. The summed E-state index contributed by atoms with van der Waals surface area (Å²) in [5.74, 6) is 0.745. The summed E-state index contributed by atoms with van der Waals surface area (Å²) in [6, 6.07) is 12.0. The second-order valence-electron chi connectivity index (χ2n) is 5.53. The molecule has 7 nitrogen and oxygen atoms in total. The molecule has 0 amide bonds. The molecule has 0 atom stereocenters. The maximum absolute atomic E-state index is 12.8. The maximum Gasteiger partial charge on any atom is 0.244 e. The zero-order valence-electron chi connectivity index (χ0n) is 13.3. The van der Waals surface area contributed by atoms with Crippen LogP contribution in [0, 0.1) is 18.3 Å². The molecule has 1 aliphatic heterocycles. The number of sulfonamides is 1. The van der Waals surface area contributed by atoms with Crippen molar-refractivity contribution >= 4 is 15.8 Å². The minimum Gasteiger partial charge on any atom is -0.352 e. The van der Waals surface area contributed by atoms with Crippen LogP contribution in [0.25, 0.3) is 0 Å². The highest BCUT2D eigenvalue weighted by Crippen LogP contribution is 2.22. The Balaban J connectivity index is 1.76. The van der Waals surface area contributed by atoms with Crippen molar-refractivity contribution in [2.75, 3.05) is 31.1 Å². The first-order valence-electron chi connectivity index (χ1n) is 7.57. The number of rotatable bonds is 3. The van der Waals surface area contributed by atoms with Gasteiger partial charge >= 0.3 is 0 Å². The maximum atomic E-state index is 12.8. The van der Waals surface area contributed by atoms with Crippen LogP contribution in [0.1, 0.15) is 11.3 Å². The fourth-order valence-corrected chi connectivity index (χ4v) is 4.21. The molecular formula is C16H17N5O2S. The summed E-state index contributed by atoms with van der Waals surface area (Å²) in [6.45, 7) is 3.63. The lowest BCUT2D eigenvalue weighted by molar-refractivity contribution is 0.383. The van der Waals surface area contributed by atoms with E-state index >= 15 is 0 Å². The number of nitriles is 1. The zero-order chi connectivity index (χ0) is 17.2. The van der Waals surface area contributed by atoms with Crippen LogP contribution in [-0.4, -0.2) is 49.1 Å². The average molecular weight is 343 g/mol. The molecule has 124 valence electrons. The summed E-state index contributed by atoms with van der Waals surface area (Å²) in [5.41, 5.74) is 1.01. The molecule has 0 spiro atoms. The van der Waals surface area contributed by atoms with Gasteiger partial charge in [-0.1, -0.05) is 12.1 Å². The summed E-state index contributed by atoms with van der Waals surface area (Å²) < 4.78 is 27.0. The van der Waals surface area contributed by atoms with Crippen LogP contribution in [-0.2, 0) is 10.0 Å². The van der Waals surface area contributed by atoms with E-state index in [4.69, 9.17) is 5.26 Å². The topological polar surface area (TPSA) is 90.2 Å². The Morgan fingerprint density at radius 1 is 1.04 bits per heavy atom. The Hall–Kier alpha value is -2.50. The van der Waals surface area contributed by atoms with E-state index in [-0.39, 0.29) is 10.5 Å². The normalized spacial score (nSPS) is 15.9. The first-order chi connectivity index (χ1) is 11.5. The van der Waals surface area contributed by atoms with Crippen LogP contribution in [0.15, 0.2) is 41.3 Å². The van der Waals surface area contributed by atoms with E-state index in [1.165, 1.54) is 16.4 Å². The average Bonchev–Trinajstić information content (AvgIpc) is 2.62. The number of aromatic nitrogens is 2. The third-order valence-corrected chi connectivity index (χ3v) is 5.93. The van der Waals surface area contributed by atoms with Gasteiger partial charge in [0.1, 0.15) is 6.07 Å². The summed E-state index contributed by atoms with van der Waals surface area (Å²) in [5, 5.41) is 17.3. The fraction of sp³-hybridized carbons (Fsp3) is 0.312. The summed E-state index contributed by atoms with van der Waals surface area (Å²) in [7, 11) is -3.67. The standard InChI is InChI=1S/C16H17N5O2S/c1-13-6-7-16(19-18-13)20-8-10-21(11-9-20)24(22,23)15-5-3-2-4-14(15)12-17/h2-7H,8-11H2,1H3. The van der Waals surface area contributed by atoms with Gasteiger partial charge in [0, 0.05) is 26.2 Å². The Bertz CT molecular complexity index is 866.